The molecule has 0 aliphatic heterocycles. The van der Waals surface area contributed by atoms with E-state index in [0.29, 0.717) is 12.2 Å². The number of amides is 1. The lowest BCUT2D eigenvalue weighted by atomic mass is 10.2. The number of hydrogen-bond donors (Lipinski definition) is 2. The van der Waals surface area contributed by atoms with Gasteiger partial charge in [-0.15, -0.1) is 0 Å². The molecule has 4 nitrogen and oxygen atoms in total. The lowest BCUT2D eigenvalue weighted by Gasteiger charge is -2.08. The number of rotatable bonds is 4. The van der Waals surface area contributed by atoms with Crippen LogP contribution in [0.4, 0.5) is 5.69 Å². The largest absolute Gasteiger partial charge is 0.326 e. The number of anilines is 1. The second kappa shape index (κ2) is 5.63. The molecule has 0 spiro atoms. The number of para-hydroxylation sites is 1. The van der Waals surface area contributed by atoms with Gasteiger partial charge >= 0.3 is 0 Å². The molecular weight excluding hydrogens is 212 g/mol. The Morgan fingerprint density at radius 1 is 1.47 bits per heavy atom. The molecule has 5 heteroatoms. The summed E-state index contributed by atoms with van der Waals surface area (Å²) in [6, 6.07) is 7.30. The van der Waals surface area contributed by atoms with E-state index in [0.717, 1.165) is 5.56 Å². The molecule has 1 aromatic carbocycles. The molecule has 0 saturated heterocycles. The maximum Gasteiger partial charge on any atom is 0.236 e. The number of benzene rings is 1. The van der Waals surface area contributed by atoms with Crippen LogP contribution in [0.3, 0.4) is 0 Å². The van der Waals surface area contributed by atoms with E-state index < -0.39 is 10.8 Å². The van der Waals surface area contributed by atoms with Crippen LogP contribution in [0.2, 0.25) is 0 Å². The van der Waals surface area contributed by atoms with Gasteiger partial charge in [-0.25, -0.2) is 0 Å². The number of nitrogens with one attached hydrogen (secondary N) is 1. The number of carbonyl (C=O) groups is 1. The van der Waals surface area contributed by atoms with Crippen molar-refractivity contribution in [2.75, 3.05) is 17.3 Å². The molecule has 3 N–H and O–H groups in total. The molecule has 1 atom stereocenters. The average Bonchev–Trinajstić information content (AvgIpc) is 2.17. The van der Waals surface area contributed by atoms with E-state index in [4.69, 9.17) is 5.73 Å². The SMILES string of the molecule is CS(=O)CC(=O)Nc1ccccc1CN. The molecule has 0 radical (unpaired) electrons. The Hall–Kier alpha value is -1.20. The lowest BCUT2D eigenvalue weighted by Crippen LogP contribution is -2.20. The van der Waals surface area contributed by atoms with Gasteiger partial charge in [0.15, 0.2) is 0 Å². The van der Waals surface area contributed by atoms with Crippen molar-refractivity contribution < 1.29 is 9.00 Å². The summed E-state index contributed by atoms with van der Waals surface area (Å²) in [7, 11) is -1.12. The van der Waals surface area contributed by atoms with Gasteiger partial charge < -0.3 is 11.1 Å². The molecule has 0 fully saturated rings. The summed E-state index contributed by atoms with van der Waals surface area (Å²) in [5, 5.41) is 2.68. The van der Waals surface area contributed by atoms with Gasteiger partial charge in [0.05, 0.1) is 0 Å². The minimum atomic E-state index is -1.12. The smallest absolute Gasteiger partial charge is 0.236 e. The summed E-state index contributed by atoms with van der Waals surface area (Å²) in [6.45, 7) is 0.367. The third-order valence-electron chi connectivity index (χ3n) is 1.85. The fourth-order valence-electron chi connectivity index (χ4n) is 1.19. The van der Waals surface area contributed by atoms with Crippen molar-refractivity contribution in [2.24, 2.45) is 5.73 Å². The Balaban J connectivity index is 2.71. The molecule has 1 unspecified atom stereocenters. The molecule has 0 heterocycles. The Morgan fingerprint density at radius 2 is 2.13 bits per heavy atom. The summed E-state index contributed by atoms with van der Waals surface area (Å²) in [4.78, 5) is 11.3. The van der Waals surface area contributed by atoms with Gasteiger partial charge in [0, 0.05) is 29.3 Å². The second-order valence-corrected chi connectivity index (χ2v) is 4.56. The molecule has 82 valence electrons. The monoisotopic (exact) mass is 226 g/mol. The quantitative estimate of drug-likeness (QED) is 0.783. The summed E-state index contributed by atoms with van der Waals surface area (Å²) in [5.41, 5.74) is 7.07. The van der Waals surface area contributed by atoms with Crippen molar-refractivity contribution in [3.63, 3.8) is 0 Å². The van der Waals surface area contributed by atoms with Crippen molar-refractivity contribution in [1.82, 2.24) is 0 Å². The van der Waals surface area contributed by atoms with Crippen molar-refractivity contribution in [1.29, 1.82) is 0 Å². The Morgan fingerprint density at radius 3 is 2.73 bits per heavy atom. The summed E-state index contributed by atoms with van der Waals surface area (Å²) in [5.74, 6) is -0.240. The normalized spacial score (nSPS) is 12.1. The predicted octanol–water partition coefficient (Wildman–Crippen LogP) is 0.462. The van der Waals surface area contributed by atoms with E-state index >= 15 is 0 Å². The molecule has 15 heavy (non-hydrogen) atoms. The maximum atomic E-state index is 11.3. The number of nitrogens with two attached hydrogens (primary N) is 1. The van der Waals surface area contributed by atoms with Crippen LogP contribution in [0.25, 0.3) is 0 Å². The zero-order valence-electron chi connectivity index (χ0n) is 8.53. The first kappa shape index (κ1) is 11.9. The van der Waals surface area contributed by atoms with Gasteiger partial charge in [-0.2, -0.15) is 0 Å². The second-order valence-electron chi connectivity index (χ2n) is 3.13. The lowest BCUT2D eigenvalue weighted by molar-refractivity contribution is -0.113. The van der Waals surface area contributed by atoms with E-state index in [1.807, 2.05) is 18.2 Å². The Labute approximate surface area is 91.3 Å². The number of carbonyl (C=O) groups excluding carboxylic acids is 1. The summed E-state index contributed by atoms with van der Waals surface area (Å²) < 4.78 is 10.8. The molecule has 0 bridgehead atoms. The highest BCUT2D eigenvalue weighted by Crippen LogP contribution is 2.13. The van der Waals surface area contributed by atoms with Crippen LogP contribution < -0.4 is 11.1 Å². The van der Waals surface area contributed by atoms with E-state index in [1.165, 1.54) is 6.26 Å². The van der Waals surface area contributed by atoms with Crippen LogP contribution in [0.15, 0.2) is 24.3 Å². The van der Waals surface area contributed by atoms with Gasteiger partial charge in [0.1, 0.15) is 5.75 Å². The first-order chi connectivity index (χ1) is 7.13. The molecule has 1 aromatic rings. The topological polar surface area (TPSA) is 72.2 Å². The van der Waals surface area contributed by atoms with Crippen LogP contribution >= 0.6 is 0 Å². The molecule has 0 aliphatic rings. The fourth-order valence-corrected chi connectivity index (χ4v) is 1.63. The van der Waals surface area contributed by atoms with Gasteiger partial charge in [0.2, 0.25) is 5.91 Å². The number of hydrogen-bond acceptors (Lipinski definition) is 3. The van der Waals surface area contributed by atoms with Crippen LogP contribution in [-0.2, 0) is 22.1 Å². The maximum absolute atomic E-state index is 11.3. The van der Waals surface area contributed by atoms with Gasteiger partial charge in [-0.3, -0.25) is 9.00 Å². The molecule has 1 amide bonds. The minimum Gasteiger partial charge on any atom is -0.326 e. The van der Waals surface area contributed by atoms with E-state index in [9.17, 15) is 9.00 Å². The Kier molecular flexibility index (Phi) is 4.45. The van der Waals surface area contributed by atoms with Crippen LogP contribution in [0, 0.1) is 0 Å². The highest BCUT2D eigenvalue weighted by Gasteiger charge is 2.06. The van der Waals surface area contributed by atoms with E-state index in [-0.39, 0.29) is 11.7 Å². The van der Waals surface area contributed by atoms with Crippen molar-refractivity contribution in [3.05, 3.63) is 29.8 Å². The first-order valence-electron chi connectivity index (χ1n) is 4.51. The highest BCUT2D eigenvalue weighted by molar-refractivity contribution is 7.85. The van der Waals surface area contributed by atoms with E-state index in [2.05, 4.69) is 5.32 Å². The molecular formula is C10H14N2O2S. The van der Waals surface area contributed by atoms with Crippen LogP contribution in [0.5, 0.6) is 0 Å². The van der Waals surface area contributed by atoms with Crippen molar-refractivity contribution in [2.45, 2.75) is 6.54 Å². The van der Waals surface area contributed by atoms with Crippen molar-refractivity contribution in [3.8, 4) is 0 Å². The molecule has 0 aromatic heterocycles. The summed E-state index contributed by atoms with van der Waals surface area (Å²) in [6.07, 6.45) is 1.49. The van der Waals surface area contributed by atoms with Gasteiger partial charge in [0.25, 0.3) is 0 Å². The third kappa shape index (κ3) is 3.81. The van der Waals surface area contributed by atoms with Crippen LogP contribution in [0.1, 0.15) is 5.56 Å². The highest BCUT2D eigenvalue weighted by atomic mass is 32.2. The average molecular weight is 226 g/mol. The molecule has 1 rings (SSSR count). The first-order valence-corrected chi connectivity index (χ1v) is 6.24. The summed E-state index contributed by atoms with van der Waals surface area (Å²) >= 11 is 0. The molecule has 0 aliphatic carbocycles. The predicted molar refractivity (Wildman–Crippen MR) is 61.9 cm³/mol. The van der Waals surface area contributed by atoms with Crippen LogP contribution in [-0.4, -0.2) is 22.1 Å². The van der Waals surface area contributed by atoms with Gasteiger partial charge in [-0.05, 0) is 11.6 Å². The molecule has 0 saturated carbocycles. The van der Waals surface area contributed by atoms with E-state index in [1.54, 1.807) is 6.07 Å². The Bertz CT molecular complexity index is 379. The zero-order chi connectivity index (χ0) is 11.3. The van der Waals surface area contributed by atoms with Gasteiger partial charge in [-0.1, -0.05) is 18.2 Å². The zero-order valence-corrected chi connectivity index (χ0v) is 9.34. The third-order valence-corrected chi connectivity index (χ3v) is 2.51. The van der Waals surface area contributed by atoms with Crippen molar-refractivity contribution >= 4 is 22.4 Å². The fraction of sp³-hybridized carbons (Fsp3) is 0.300. The standard InChI is InChI=1S/C10H14N2O2S/c1-15(14)7-10(13)12-9-5-3-2-4-8(9)6-11/h2-5H,6-7,11H2,1H3,(H,12,13). The minimum absolute atomic E-state index is 0.0128.